The molecule has 0 bridgehead atoms. The zero-order valence-electron chi connectivity index (χ0n) is 10.3. The van der Waals surface area contributed by atoms with E-state index in [1.54, 1.807) is 18.2 Å². The lowest BCUT2D eigenvalue weighted by Crippen LogP contribution is -2.46. The average molecular weight is 349 g/mol. The molecule has 0 aromatic heterocycles. The Morgan fingerprint density at radius 1 is 1.47 bits per heavy atom. The number of nitrogens with one attached hydrogen (secondary N) is 1. The fourth-order valence-electron chi connectivity index (χ4n) is 1.94. The quantitative estimate of drug-likeness (QED) is 0.882. The maximum absolute atomic E-state index is 12.1. The number of benzene rings is 1. The van der Waals surface area contributed by atoms with E-state index >= 15 is 0 Å². The van der Waals surface area contributed by atoms with Crippen LogP contribution in [0.5, 0.6) is 0 Å². The van der Waals surface area contributed by atoms with Crippen molar-refractivity contribution in [3.63, 3.8) is 0 Å². The van der Waals surface area contributed by atoms with E-state index in [1.165, 1.54) is 0 Å². The molecule has 6 heteroatoms. The van der Waals surface area contributed by atoms with Crippen molar-refractivity contribution in [1.82, 2.24) is 5.32 Å². The molecule has 0 saturated carbocycles. The zero-order valence-corrected chi connectivity index (χ0v) is 12.6. The molecular weight excluding hydrogens is 334 g/mol. The Kier molecular flexibility index (Phi) is 4.84. The Morgan fingerprint density at radius 2 is 2.16 bits per heavy atom. The monoisotopic (exact) mass is 347 g/mol. The van der Waals surface area contributed by atoms with Gasteiger partial charge in [0.2, 0.25) is 0 Å². The van der Waals surface area contributed by atoms with E-state index in [4.69, 9.17) is 16.3 Å². The van der Waals surface area contributed by atoms with E-state index in [1.807, 2.05) is 0 Å². The van der Waals surface area contributed by atoms with Crippen LogP contribution < -0.4 is 5.32 Å². The molecular formula is C13H15BrClNO3. The van der Waals surface area contributed by atoms with Crippen LogP contribution in [-0.4, -0.2) is 36.4 Å². The van der Waals surface area contributed by atoms with Gasteiger partial charge in [0.1, 0.15) is 0 Å². The molecule has 2 rings (SSSR count). The van der Waals surface area contributed by atoms with E-state index < -0.39 is 5.60 Å². The smallest absolute Gasteiger partial charge is 0.252 e. The zero-order chi connectivity index (χ0) is 13.9. The highest BCUT2D eigenvalue weighted by molar-refractivity contribution is 9.10. The van der Waals surface area contributed by atoms with Gasteiger partial charge in [0, 0.05) is 42.1 Å². The molecule has 1 amide bonds. The predicted molar refractivity (Wildman–Crippen MR) is 76.5 cm³/mol. The lowest BCUT2D eigenvalue weighted by molar-refractivity contribution is -0.0605. The molecule has 1 aliphatic rings. The van der Waals surface area contributed by atoms with Crippen LogP contribution in [0.1, 0.15) is 23.2 Å². The van der Waals surface area contributed by atoms with E-state index in [2.05, 4.69) is 21.2 Å². The summed E-state index contributed by atoms with van der Waals surface area (Å²) in [6.07, 6.45) is 1.06. The van der Waals surface area contributed by atoms with Gasteiger partial charge in [-0.05, 0) is 34.1 Å². The van der Waals surface area contributed by atoms with Gasteiger partial charge in [0.05, 0.1) is 11.2 Å². The van der Waals surface area contributed by atoms with Gasteiger partial charge in [0.25, 0.3) is 5.91 Å². The Bertz CT molecular complexity index is 475. The first-order valence-electron chi connectivity index (χ1n) is 6.04. The van der Waals surface area contributed by atoms with Crippen LogP contribution in [0.15, 0.2) is 22.7 Å². The average Bonchev–Trinajstić information content (AvgIpc) is 2.40. The third kappa shape index (κ3) is 3.92. The Labute approximate surface area is 125 Å². The molecule has 1 aromatic carbocycles. The number of ether oxygens (including phenoxy) is 1. The molecule has 1 heterocycles. The van der Waals surface area contributed by atoms with Gasteiger partial charge in [-0.25, -0.2) is 0 Å². The van der Waals surface area contributed by atoms with Crippen LogP contribution in [0.3, 0.4) is 0 Å². The van der Waals surface area contributed by atoms with Crippen molar-refractivity contribution in [1.29, 1.82) is 0 Å². The molecule has 1 aliphatic heterocycles. The lowest BCUT2D eigenvalue weighted by Gasteiger charge is -2.32. The maximum atomic E-state index is 12.1. The summed E-state index contributed by atoms with van der Waals surface area (Å²) >= 11 is 9.18. The number of hydrogen-bond donors (Lipinski definition) is 2. The summed E-state index contributed by atoms with van der Waals surface area (Å²) in [6.45, 7) is 1.26. The number of rotatable bonds is 3. The van der Waals surface area contributed by atoms with Crippen molar-refractivity contribution < 1.29 is 14.6 Å². The third-order valence-corrected chi connectivity index (χ3v) is 4.10. The minimum Gasteiger partial charge on any atom is -0.388 e. The normalized spacial score (nSPS) is 18.1. The second kappa shape index (κ2) is 6.22. The Morgan fingerprint density at radius 3 is 2.84 bits per heavy atom. The summed E-state index contributed by atoms with van der Waals surface area (Å²) in [7, 11) is 0. The van der Waals surface area contributed by atoms with Crippen LogP contribution in [-0.2, 0) is 4.74 Å². The van der Waals surface area contributed by atoms with Gasteiger partial charge in [-0.2, -0.15) is 0 Å². The topological polar surface area (TPSA) is 58.6 Å². The number of amides is 1. The predicted octanol–water partition coefficient (Wildman–Crippen LogP) is 2.37. The molecule has 0 unspecified atom stereocenters. The van der Waals surface area contributed by atoms with Crippen molar-refractivity contribution >= 4 is 33.4 Å². The van der Waals surface area contributed by atoms with Crippen molar-refractivity contribution in [2.75, 3.05) is 19.8 Å². The molecule has 104 valence electrons. The first kappa shape index (κ1) is 14.8. The van der Waals surface area contributed by atoms with Crippen LogP contribution in [0.25, 0.3) is 0 Å². The van der Waals surface area contributed by atoms with Crippen molar-refractivity contribution in [3.05, 3.63) is 33.3 Å². The van der Waals surface area contributed by atoms with Gasteiger partial charge in [0.15, 0.2) is 0 Å². The summed E-state index contributed by atoms with van der Waals surface area (Å²) < 4.78 is 5.87. The minimum absolute atomic E-state index is 0.216. The standard InChI is InChI=1S/C13H15BrClNO3/c14-11-2-1-9(15)7-10(11)12(17)16-8-13(18)3-5-19-6-4-13/h1-2,7,18H,3-6,8H2,(H,16,17). The minimum atomic E-state index is -0.876. The molecule has 1 aromatic rings. The SMILES string of the molecule is O=C(NCC1(O)CCOCC1)c1cc(Cl)ccc1Br. The van der Waals surface area contributed by atoms with Gasteiger partial charge >= 0.3 is 0 Å². The van der Waals surface area contributed by atoms with Crippen LogP contribution >= 0.6 is 27.5 Å². The van der Waals surface area contributed by atoms with Crippen LogP contribution in [0, 0.1) is 0 Å². The highest BCUT2D eigenvalue weighted by Crippen LogP contribution is 2.22. The highest BCUT2D eigenvalue weighted by atomic mass is 79.9. The highest BCUT2D eigenvalue weighted by Gasteiger charge is 2.30. The molecule has 2 N–H and O–H groups in total. The van der Waals surface area contributed by atoms with E-state index in [-0.39, 0.29) is 12.5 Å². The second-order valence-electron chi connectivity index (χ2n) is 4.64. The number of halogens is 2. The van der Waals surface area contributed by atoms with E-state index in [9.17, 15) is 9.90 Å². The first-order valence-corrected chi connectivity index (χ1v) is 7.21. The molecule has 1 saturated heterocycles. The fourth-order valence-corrected chi connectivity index (χ4v) is 2.54. The Hall–Kier alpha value is -0.620. The summed E-state index contributed by atoms with van der Waals surface area (Å²) in [5, 5.41) is 13.5. The molecule has 0 atom stereocenters. The van der Waals surface area contributed by atoms with Crippen LogP contribution in [0.4, 0.5) is 0 Å². The number of carbonyl (C=O) groups excluding carboxylic acids is 1. The van der Waals surface area contributed by atoms with E-state index in [0.29, 0.717) is 41.1 Å². The maximum Gasteiger partial charge on any atom is 0.252 e. The van der Waals surface area contributed by atoms with E-state index in [0.717, 1.165) is 0 Å². The molecule has 1 fully saturated rings. The van der Waals surface area contributed by atoms with Crippen LogP contribution in [0.2, 0.25) is 5.02 Å². The van der Waals surface area contributed by atoms with Gasteiger partial charge in [-0.1, -0.05) is 11.6 Å². The molecule has 0 aliphatic carbocycles. The summed E-state index contributed by atoms with van der Waals surface area (Å²) in [4.78, 5) is 12.1. The van der Waals surface area contributed by atoms with Gasteiger partial charge < -0.3 is 15.2 Å². The fraction of sp³-hybridized carbons (Fsp3) is 0.462. The second-order valence-corrected chi connectivity index (χ2v) is 5.93. The van der Waals surface area contributed by atoms with Crippen molar-refractivity contribution in [3.8, 4) is 0 Å². The lowest BCUT2D eigenvalue weighted by atomic mass is 9.94. The molecule has 4 nitrogen and oxygen atoms in total. The molecule has 19 heavy (non-hydrogen) atoms. The summed E-state index contributed by atoms with van der Waals surface area (Å²) in [5.41, 5.74) is -0.415. The van der Waals surface area contributed by atoms with Gasteiger partial charge in [-0.15, -0.1) is 0 Å². The third-order valence-electron chi connectivity index (χ3n) is 3.17. The number of carbonyl (C=O) groups is 1. The summed E-state index contributed by atoms with van der Waals surface area (Å²) in [6, 6.07) is 5.02. The van der Waals surface area contributed by atoms with Crippen molar-refractivity contribution in [2.24, 2.45) is 0 Å². The Balaban J connectivity index is 1.99. The van der Waals surface area contributed by atoms with Crippen molar-refractivity contribution in [2.45, 2.75) is 18.4 Å². The number of aliphatic hydroxyl groups is 1. The van der Waals surface area contributed by atoms with Gasteiger partial charge in [-0.3, -0.25) is 4.79 Å². The summed E-state index contributed by atoms with van der Waals surface area (Å²) in [5.74, 6) is -0.255. The molecule has 0 spiro atoms. The largest absolute Gasteiger partial charge is 0.388 e. The number of hydrogen-bond acceptors (Lipinski definition) is 3. The molecule has 0 radical (unpaired) electrons. The first-order chi connectivity index (χ1) is 9.00.